The molecule has 0 spiro atoms. The number of carbonyl (C=O) groups is 2. The Kier molecular flexibility index (Phi) is 5.38. The van der Waals surface area contributed by atoms with Gasteiger partial charge < -0.3 is 9.64 Å². The fourth-order valence-electron chi connectivity index (χ4n) is 4.18. The molecule has 30 heavy (non-hydrogen) atoms. The van der Waals surface area contributed by atoms with Crippen LogP contribution in [0, 0.1) is 0 Å². The lowest BCUT2D eigenvalue weighted by molar-refractivity contribution is -0.114. The van der Waals surface area contributed by atoms with Gasteiger partial charge >= 0.3 is 0 Å². The van der Waals surface area contributed by atoms with Gasteiger partial charge in [-0.15, -0.1) is 0 Å². The number of ether oxygens (including phenoxy) is 1. The van der Waals surface area contributed by atoms with Crippen LogP contribution in [0.2, 0.25) is 0 Å². The zero-order valence-corrected chi connectivity index (χ0v) is 17.8. The van der Waals surface area contributed by atoms with Crippen molar-refractivity contribution in [3.8, 4) is 5.75 Å². The van der Waals surface area contributed by atoms with Crippen molar-refractivity contribution in [1.29, 1.82) is 0 Å². The molecule has 0 radical (unpaired) electrons. The van der Waals surface area contributed by atoms with Crippen LogP contribution in [0.1, 0.15) is 42.1 Å². The number of fused-ring (bicyclic) bond motifs is 1. The summed E-state index contributed by atoms with van der Waals surface area (Å²) in [4.78, 5) is 26.6. The van der Waals surface area contributed by atoms with Gasteiger partial charge in [-0.25, -0.2) is 8.42 Å². The molecular weight excluding hydrogens is 404 g/mol. The number of anilines is 1. The van der Waals surface area contributed by atoms with Gasteiger partial charge in [0.2, 0.25) is 10.0 Å². The monoisotopic (exact) mass is 428 g/mol. The van der Waals surface area contributed by atoms with E-state index in [1.807, 2.05) is 19.1 Å². The molecule has 2 aromatic carbocycles. The van der Waals surface area contributed by atoms with Gasteiger partial charge in [0.1, 0.15) is 5.75 Å². The largest absolute Gasteiger partial charge is 0.497 e. The molecule has 0 N–H and O–H groups in total. The van der Waals surface area contributed by atoms with Crippen LogP contribution in [0.25, 0.3) is 0 Å². The van der Waals surface area contributed by atoms with E-state index in [1.54, 1.807) is 25.3 Å². The quantitative estimate of drug-likeness (QED) is 0.661. The highest BCUT2D eigenvalue weighted by Gasteiger charge is 2.39. The number of sulfonamides is 1. The second-order valence-electron chi connectivity index (χ2n) is 7.57. The summed E-state index contributed by atoms with van der Waals surface area (Å²) in [7, 11) is -2.14. The van der Waals surface area contributed by atoms with Crippen molar-refractivity contribution in [3.05, 3.63) is 53.6 Å². The zero-order chi connectivity index (χ0) is 21.5. The van der Waals surface area contributed by atoms with Crippen LogP contribution < -0.4 is 9.64 Å². The second kappa shape index (κ2) is 7.85. The van der Waals surface area contributed by atoms with Crippen molar-refractivity contribution in [3.63, 3.8) is 0 Å². The summed E-state index contributed by atoms with van der Waals surface area (Å²) in [6.45, 7) is 2.67. The van der Waals surface area contributed by atoms with Gasteiger partial charge in [-0.05, 0) is 55.2 Å². The van der Waals surface area contributed by atoms with Gasteiger partial charge in [-0.2, -0.15) is 4.31 Å². The number of benzene rings is 2. The van der Waals surface area contributed by atoms with E-state index in [4.69, 9.17) is 4.74 Å². The summed E-state index contributed by atoms with van der Waals surface area (Å²) < 4.78 is 32.9. The molecule has 2 aliphatic heterocycles. The van der Waals surface area contributed by atoms with Crippen LogP contribution in [0.5, 0.6) is 5.75 Å². The van der Waals surface area contributed by atoms with E-state index in [9.17, 15) is 18.0 Å². The number of methoxy groups -OCH3 is 1. The van der Waals surface area contributed by atoms with Gasteiger partial charge in [-0.1, -0.05) is 19.1 Å². The fourth-order valence-corrected chi connectivity index (χ4v) is 5.97. The van der Waals surface area contributed by atoms with E-state index >= 15 is 0 Å². The zero-order valence-electron chi connectivity index (χ0n) is 17.0. The molecule has 0 saturated carbocycles. The Balaban J connectivity index is 1.65. The van der Waals surface area contributed by atoms with Gasteiger partial charge in [0.25, 0.3) is 11.7 Å². The number of amides is 1. The van der Waals surface area contributed by atoms with Crippen molar-refractivity contribution in [1.82, 2.24) is 4.31 Å². The predicted octanol–water partition coefficient (Wildman–Crippen LogP) is 2.99. The lowest BCUT2D eigenvalue weighted by Crippen LogP contribution is -2.35. The minimum absolute atomic E-state index is 0.0211. The first-order valence-corrected chi connectivity index (χ1v) is 11.5. The van der Waals surface area contributed by atoms with Gasteiger partial charge in [-0.3, -0.25) is 9.59 Å². The number of nitrogens with zero attached hydrogens (tertiary/aromatic N) is 2. The van der Waals surface area contributed by atoms with Crippen molar-refractivity contribution in [2.75, 3.05) is 18.6 Å². The number of rotatable bonds is 6. The highest BCUT2D eigenvalue weighted by molar-refractivity contribution is 7.89. The van der Waals surface area contributed by atoms with E-state index in [2.05, 4.69) is 0 Å². The van der Waals surface area contributed by atoms with Crippen molar-refractivity contribution >= 4 is 27.4 Å². The Morgan fingerprint density at radius 3 is 2.50 bits per heavy atom. The fraction of sp³-hybridized carbons (Fsp3) is 0.364. The lowest BCUT2D eigenvalue weighted by atomic mass is 10.1. The smallest absolute Gasteiger partial charge is 0.299 e. The molecule has 158 valence electrons. The van der Waals surface area contributed by atoms with E-state index in [0.29, 0.717) is 18.0 Å². The first-order chi connectivity index (χ1) is 14.4. The summed E-state index contributed by atoms with van der Waals surface area (Å²) >= 11 is 0. The molecule has 0 unspecified atom stereocenters. The first kappa shape index (κ1) is 20.6. The maximum atomic E-state index is 13.1. The summed E-state index contributed by atoms with van der Waals surface area (Å²) in [6.07, 6.45) is 2.42. The van der Waals surface area contributed by atoms with Crippen LogP contribution in [-0.4, -0.2) is 44.1 Å². The summed E-state index contributed by atoms with van der Waals surface area (Å²) in [6, 6.07) is 11.6. The molecule has 1 atom stereocenters. The topological polar surface area (TPSA) is 84.0 Å². The average Bonchev–Trinajstić information content (AvgIpc) is 3.34. The van der Waals surface area contributed by atoms with Crippen LogP contribution >= 0.6 is 0 Å². The Labute approximate surface area is 176 Å². The maximum Gasteiger partial charge on any atom is 0.299 e. The number of ketones is 1. The predicted molar refractivity (Wildman–Crippen MR) is 112 cm³/mol. The molecule has 8 heteroatoms. The van der Waals surface area contributed by atoms with Crippen LogP contribution in [0.15, 0.2) is 47.4 Å². The van der Waals surface area contributed by atoms with Gasteiger partial charge in [0.15, 0.2) is 0 Å². The third-order valence-corrected chi connectivity index (χ3v) is 7.79. The maximum absolute atomic E-state index is 13.1. The normalized spacial score (nSPS) is 19.4. The molecule has 0 aliphatic carbocycles. The first-order valence-electron chi connectivity index (χ1n) is 10.0. The lowest BCUT2D eigenvalue weighted by Gasteiger charge is -2.23. The molecule has 4 rings (SSSR count). The Hall–Kier alpha value is -2.71. The summed E-state index contributed by atoms with van der Waals surface area (Å²) in [5.74, 6) is -0.628. The van der Waals surface area contributed by atoms with E-state index in [1.165, 1.54) is 21.3 Å². The SMILES string of the molecule is CC[C@@H]1CCCN1S(=O)(=O)c1ccc2c(c1)C(=O)C(=O)N2Cc1ccc(OC)cc1. The number of hydrogen-bond acceptors (Lipinski definition) is 5. The third kappa shape index (κ3) is 3.40. The van der Waals surface area contributed by atoms with E-state index in [0.717, 1.165) is 24.8 Å². The Morgan fingerprint density at radius 2 is 1.83 bits per heavy atom. The molecule has 7 nitrogen and oxygen atoms in total. The van der Waals surface area contributed by atoms with Crippen LogP contribution in [0.3, 0.4) is 0 Å². The molecule has 0 bridgehead atoms. The molecule has 1 fully saturated rings. The second-order valence-corrected chi connectivity index (χ2v) is 9.46. The van der Waals surface area contributed by atoms with Crippen LogP contribution in [-0.2, 0) is 21.4 Å². The molecule has 2 aliphatic rings. The highest BCUT2D eigenvalue weighted by Crippen LogP contribution is 2.35. The molecule has 1 amide bonds. The van der Waals surface area contributed by atoms with Crippen molar-refractivity contribution in [2.45, 2.75) is 43.7 Å². The minimum Gasteiger partial charge on any atom is -0.497 e. The van der Waals surface area contributed by atoms with Gasteiger partial charge in [0.05, 0.1) is 29.8 Å². The minimum atomic E-state index is -3.71. The molecule has 1 saturated heterocycles. The summed E-state index contributed by atoms with van der Waals surface area (Å²) in [5, 5.41) is 0. The summed E-state index contributed by atoms with van der Waals surface area (Å²) in [5.41, 5.74) is 1.42. The van der Waals surface area contributed by atoms with E-state index < -0.39 is 21.7 Å². The molecule has 2 heterocycles. The van der Waals surface area contributed by atoms with E-state index in [-0.39, 0.29) is 23.0 Å². The molecule has 2 aromatic rings. The number of hydrogen-bond donors (Lipinski definition) is 0. The Bertz CT molecular complexity index is 1100. The highest BCUT2D eigenvalue weighted by atomic mass is 32.2. The number of Topliss-reactive ketones (excluding diaryl/α,β-unsaturated/α-hetero) is 1. The standard InChI is InChI=1S/C22H24N2O5S/c1-3-16-5-4-12-24(16)30(27,28)18-10-11-20-19(13-18)21(25)22(26)23(20)14-15-6-8-17(29-2)9-7-15/h6-11,13,16H,3-5,12,14H2,1-2H3/t16-/m1/s1. The number of carbonyl (C=O) groups excluding carboxylic acids is 2. The van der Waals surface area contributed by atoms with Gasteiger partial charge in [0, 0.05) is 12.6 Å². The van der Waals surface area contributed by atoms with Crippen LogP contribution in [0.4, 0.5) is 5.69 Å². The molecule has 0 aromatic heterocycles. The van der Waals surface area contributed by atoms with Crippen molar-refractivity contribution in [2.24, 2.45) is 0 Å². The Morgan fingerprint density at radius 1 is 1.10 bits per heavy atom. The average molecular weight is 429 g/mol. The molecular formula is C22H24N2O5S. The third-order valence-electron chi connectivity index (χ3n) is 5.84. The van der Waals surface area contributed by atoms with Crippen molar-refractivity contribution < 1.29 is 22.7 Å².